The molecule has 376 valence electrons. The van der Waals surface area contributed by atoms with Crippen LogP contribution in [0.3, 0.4) is 0 Å². The number of fused-ring (bicyclic) bond motifs is 12. The van der Waals surface area contributed by atoms with Gasteiger partial charge in [-0.25, -0.2) is 0 Å². The molecule has 0 atom stereocenters. The van der Waals surface area contributed by atoms with Crippen LogP contribution in [0.25, 0.3) is 98.3 Å². The summed E-state index contributed by atoms with van der Waals surface area (Å²) in [5, 5.41) is 12.1. The molecular formula is C68H64ClIrN4P+. The molecule has 0 aliphatic heterocycles. The Morgan fingerprint density at radius 3 is 1.12 bits per heavy atom. The predicted octanol–water partition coefficient (Wildman–Crippen LogP) is 19.5. The standard InChI is InChI=1S/C30H20N2.2C13H8N.C12H27P.ClH.Ir/c1-5-16-27-23(12-1)24-13-2-6-17-28(24)31(27)21-10-9-11-22(20-21)32-29-18-7-3-14-25(29)26-15-4-8-19-30(26)32;2*1-2-6-12-10(4-1)7-8-11-5-3-9-14-13(11)12;1-4-7-10-13(11-8-5-2)12-9-6-3;;/h1-20H;2*1-5,7-9H;4-12H2,1-3H3;1H;/q;2*-1;;;+3. The van der Waals surface area contributed by atoms with Gasteiger partial charge < -0.3 is 19.1 Å². The van der Waals surface area contributed by atoms with Crippen LogP contribution in [0.1, 0.15) is 59.3 Å². The number of aromatic nitrogens is 4. The smallest absolute Gasteiger partial charge is 0.0541 e. The van der Waals surface area contributed by atoms with Gasteiger partial charge in [0.15, 0.2) is 0 Å². The number of hydrogen-bond donors (Lipinski definition) is 0. The zero-order valence-corrected chi connectivity index (χ0v) is 47.3. The molecule has 0 radical (unpaired) electrons. The minimum atomic E-state index is 0.0675. The van der Waals surface area contributed by atoms with Crippen molar-refractivity contribution in [1.82, 2.24) is 19.1 Å². The maximum Gasteiger partial charge on any atom is 0.0541 e. The third-order valence-corrected chi connectivity index (χ3v) is 17.2. The van der Waals surface area contributed by atoms with Crippen LogP contribution in [0.15, 0.2) is 219 Å². The fraction of sp³-hybridized carbons (Fsp3) is 0.176. The van der Waals surface area contributed by atoms with Gasteiger partial charge in [0.1, 0.15) is 0 Å². The van der Waals surface area contributed by atoms with E-state index in [-0.39, 0.29) is 7.92 Å². The number of rotatable bonds is 11. The van der Waals surface area contributed by atoms with E-state index in [1.165, 1.54) is 133 Å². The molecule has 0 N–H and O–H groups in total. The monoisotopic (exact) mass is 1200 g/mol. The van der Waals surface area contributed by atoms with Crippen LogP contribution in [0.2, 0.25) is 0 Å². The molecule has 0 bridgehead atoms. The van der Waals surface area contributed by atoms with Crippen molar-refractivity contribution in [2.75, 3.05) is 18.5 Å². The minimum Gasteiger partial charge on any atom is -0.309 e. The summed E-state index contributed by atoms with van der Waals surface area (Å²) in [5.41, 5.74) is 9.32. The molecule has 0 fully saturated rings. The van der Waals surface area contributed by atoms with E-state index in [9.17, 15) is 0 Å². The molecule has 0 aliphatic carbocycles. The Hall–Kier alpha value is -6.71. The van der Waals surface area contributed by atoms with Crippen molar-refractivity contribution in [2.24, 2.45) is 0 Å². The first-order chi connectivity index (χ1) is 37.1. The Labute approximate surface area is 458 Å². The van der Waals surface area contributed by atoms with Crippen LogP contribution in [-0.4, -0.2) is 37.6 Å². The van der Waals surface area contributed by atoms with E-state index in [1.807, 2.05) is 48.8 Å². The third-order valence-electron chi connectivity index (χ3n) is 14.0. The van der Waals surface area contributed by atoms with Crippen LogP contribution < -0.4 is 0 Å². The second-order valence-corrected chi connectivity index (χ2v) is 21.9. The molecular weight excluding hydrogens is 1130 g/mol. The van der Waals surface area contributed by atoms with Crippen molar-refractivity contribution in [3.63, 3.8) is 0 Å². The van der Waals surface area contributed by atoms with E-state index in [1.54, 1.807) is 18.5 Å². The molecule has 75 heavy (non-hydrogen) atoms. The minimum absolute atomic E-state index is 0.0675. The van der Waals surface area contributed by atoms with Crippen molar-refractivity contribution < 1.29 is 17.9 Å². The Bertz CT molecular complexity index is 3460. The van der Waals surface area contributed by atoms with Crippen LogP contribution >= 0.6 is 17.5 Å². The molecule has 7 heteroatoms. The van der Waals surface area contributed by atoms with Crippen LogP contribution in [0.5, 0.6) is 0 Å². The van der Waals surface area contributed by atoms with E-state index in [4.69, 9.17) is 0 Å². The molecule has 0 saturated carbocycles. The SMILES string of the molecule is CCCC[PH+](CCCC)CCCC.[Cl][Ir+2].[c-]1cccc2ccc3cccnc3c12.[c-]1cccc2ccc3cccnc3c12.c1cc(-n2c3ccccc3c3ccccc32)cc(-n2c3ccccc3c3ccccc32)c1. The van der Waals surface area contributed by atoms with Gasteiger partial charge >= 0.3 is 27.5 Å². The zero-order valence-electron chi connectivity index (χ0n) is 43.1. The molecule has 9 aromatic carbocycles. The molecule has 0 unspecified atom stereocenters. The van der Waals surface area contributed by atoms with Gasteiger partial charge in [-0.3, -0.25) is 0 Å². The van der Waals surface area contributed by atoms with Crippen molar-refractivity contribution in [1.29, 1.82) is 0 Å². The van der Waals surface area contributed by atoms with Gasteiger partial charge in [-0.1, -0.05) is 155 Å². The number of pyridine rings is 2. The first-order valence-corrected chi connectivity index (χ1v) is 31.6. The summed E-state index contributed by atoms with van der Waals surface area (Å²) in [5.74, 6) is 0. The average Bonchev–Trinajstić information content (AvgIpc) is 4.02. The number of nitrogens with zero attached hydrogens (tertiary/aromatic N) is 4. The molecule has 0 aliphatic rings. The summed E-state index contributed by atoms with van der Waals surface area (Å²) < 4.78 is 4.75. The van der Waals surface area contributed by atoms with Crippen LogP contribution in [-0.2, 0) is 17.9 Å². The van der Waals surface area contributed by atoms with Gasteiger partial charge in [-0.15, -0.1) is 70.1 Å². The van der Waals surface area contributed by atoms with Gasteiger partial charge in [0.25, 0.3) is 0 Å². The van der Waals surface area contributed by atoms with Crippen LogP contribution in [0, 0.1) is 12.1 Å². The topological polar surface area (TPSA) is 35.6 Å². The summed E-state index contributed by atoms with van der Waals surface area (Å²) in [6.07, 6.45) is 17.0. The summed E-state index contributed by atoms with van der Waals surface area (Å²) in [4.78, 5) is 8.76. The largest absolute Gasteiger partial charge is 0.309 e. The average molecular weight is 1200 g/mol. The Morgan fingerprint density at radius 1 is 0.400 bits per heavy atom. The van der Waals surface area contributed by atoms with Gasteiger partial charge in [0, 0.05) is 53.2 Å². The Balaban J connectivity index is 0.000000134. The molecule has 0 saturated heterocycles. The van der Waals surface area contributed by atoms with E-state index < -0.39 is 0 Å². The maximum absolute atomic E-state index is 4.64. The number of para-hydroxylation sites is 4. The number of benzene rings is 9. The van der Waals surface area contributed by atoms with Crippen molar-refractivity contribution in [2.45, 2.75) is 59.3 Å². The van der Waals surface area contributed by atoms with Gasteiger partial charge in [-0.05, 0) is 95.7 Å². The number of halogens is 1. The van der Waals surface area contributed by atoms with E-state index in [0.29, 0.717) is 0 Å². The van der Waals surface area contributed by atoms with Gasteiger partial charge in [-0.2, -0.15) is 0 Å². The normalized spacial score (nSPS) is 11.1. The maximum atomic E-state index is 4.64. The van der Waals surface area contributed by atoms with E-state index >= 15 is 0 Å². The summed E-state index contributed by atoms with van der Waals surface area (Å²) in [7, 11) is 4.71. The molecule has 4 nitrogen and oxygen atoms in total. The van der Waals surface area contributed by atoms with Crippen molar-refractivity contribution in [3.8, 4) is 11.4 Å². The van der Waals surface area contributed by atoms with Gasteiger partial charge in [0.05, 0.1) is 40.6 Å². The van der Waals surface area contributed by atoms with Crippen molar-refractivity contribution >= 4 is 104 Å². The number of unbranched alkanes of at least 4 members (excludes halogenated alkanes) is 3. The molecule has 13 rings (SSSR count). The Kier molecular flexibility index (Phi) is 18.9. The first-order valence-electron chi connectivity index (χ1n) is 26.5. The van der Waals surface area contributed by atoms with Crippen molar-refractivity contribution in [3.05, 3.63) is 231 Å². The predicted molar refractivity (Wildman–Crippen MR) is 325 cm³/mol. The van der Waals surface area contributed by atoms with E-state index in [2.05, 4.69) is 231 Å². The molecule has 13 aromatic rings. The zero-order chi connectivity index (χ0) is 51.8. The Morgan fingerprint density at radius 2 is 0.747 bits per heavy atom. The fourth-order valence-corrected chi connectivity index (χ4v) is 13.6. The molecule has 4 aromatic heterocycles. The first kappa shape index (κ1) is 53.1. The summed E-state index contributed by atoms with van der Waals surface area (Å²) >= 11 is 1.47. The molecule has 0 spiro atoms. The quantitative estimate of drug-likeness (QED) is 0.0735. The second-order valence-electron chi connectivity index (χ2n) is 18.9. The summed E-state index contributed by atoms with van der Waals surface area (Å²) in [6.45, 7) is 6.96. The summed E-state index contributed by atoms with van der Waals surface area (Å²) in [6, 6.07) is 78.5. The van der Waals surface area contributed by atoms with E-state index in [0.717, 1.165) is 21.8 Å². The van der Waals surface area contributed by atoms with Crippen LogP contribution in [0.4, 0.5) is 0 Å². The molecule has 0 amide bonds. The van der Waals surface area contributed by atoms with Gasteiger partial charge in [0.2, 0.25) is 0 Å². The third kappa shape index (κ3) is 12.2. The fourth-order valence-electron chi connectivity index (χ4n) is 10.3. The molecule has 4 heterocycles. The second kappa shape index (κ2) is 26.7. The number of hydrogen-bond acceptors (Lipinski definition) is 2.